The lowest BCUT2D eigenvalue weighted by Gasteiger charge is -2.17. The summed E-state index contributed by atoms with van der Waals surface area (Å²) in [6.07, 6.45) is 3.39. The van der Waals surface area contributed by atoms with Crippen molar-refractivity contribution >= 4 is 5.69 Å². The van der Waals surface area contributed by atoms with Crippen LogP contribution in [0.15, 0.2) is 12.1 Å². The molecule has 0 fully saturated rings. The van der Waals surface area contributed by atoms with Crippen LogP contribution >= 0.6 is 0 Å². The van der Waals surface area contributed by atoms with Gasteiger partial charge in [0, 0.05) is 12.2 Å². The van der Waals surface area contributed by atoms with E-state index in [-0.39, 0.29) is 0 Å². The molecule has 0 bridgehead atoms. The van der Waals surface area contributed by atoms with Gasteiger partial charge in [-0.2, -0.15) is 0 Å². The maximum Gasteiger partial charge on any atom is 0.0638 e. The second kappa shape index (κ2) is 3.13. The molecule has 0 aromatic carbocycles. The van der Waals surface area contributed by atoms with E-state index in [1.54, 1.807) is 0 Å². The zero-order chi connectivity index (χ0) is 8.39. The van der Waals surface area contributed by atoms with Gasteiger partial charge in [0.1, 0.15) is 0 Å². The quantitative estimate of drug-likeness (QED) is 0.683. The highest BCUT2D eigenvalue weighted by molar-refractivity contribution is 5.50. The summed E-state index contributed by atoms with van der Waals surface area (Å²) >= 11 is 0. The number of rotatable bonds is 1. The SMILES string of the molecule is CCc1ccc2c(n1)CCCN2. The number of hydrogen-bond acceptors (Lipinski definition) is 2. The molecule has 0 amide bonds. The summed E-state index contributed by atoms with van der Waals surface area (Å²) in [5.41, 5.74) is 3.69. The molecule has 1 aliphatic heterocycles. The number of anilines is 1. The molecular weight excluding hydrogens is 148 g/mol. The minimum Gasteiger partial charge on any atom is -0.384 e. The van der Waals surface area contributed by atoms with Crippen molar-refractivity contribution in [2.75, 3.05) is 11.9 Å². The normalized spacial score (nSPS) is 15.1. The number of nitrogens with zero attached hydrogens (tertiary/aromatic N) is 1. The Morgan fingerprint density at radius 2 is 2.42 bits per heavy atom. The van der Waals surface area contributed by atoms with Crippen molar-refractivity contribution in [3.8, 4) is 0 Å². The van der Waals surface area contributed by atoms with E-state index >= 15 is 0 Å². The first-order valence-electron chi connectivity index (χ1n) is 4.63. The van der Waals surface area contributed by atoms with E-state index in [1.807, 2.05) is 0 Å². The summed E-state index contributed by atoms with van der Waals surface area (Å²) in [5, 5.41) is 3.35. The van der Waals surface area contributed by atoms with Crippen molar-refractivity contribution in [2.45, 2.75) is 26.2 Å². The van der Waals surface area contributed by atoms with E-state index in [9.17, 15) is 0 Å². The molecule has 1 aliphatic rings. The molecule has 0 radical (unpaired) electrons. The molecule has 12 heavy (non-hydrogen) atoms. The van der Waals surface area contributed by atoms with E-state index < -0.39 is 0 Å². The van der Waals surface area contributed by atoms with Crippen molar-refractivity contribution in [2.24, 2.45) is 0 Å². The molecule has 0 aliphatic carbocycles. The lowest BCUT2D eigenvalue weighted by atomic mass is 10.1. The van der Waals surface area contributed by atoms with Gasteiger partial charge in [-0.1, -0.05) is 6.92 Å². The molecule has 2 heteroatoms. The van der Waals surface area contributed by atoms with E-state index in [4.69, 9.17) is 0 Å². The maximum atomic E-state index is 4.57. The standard InChI is InChI=1S/C10H14N2/c1-2-8-5-6-9-10(12-8)4-3-7-11-9/h5-6,11H,2-4,7H2,1H3. The van der Waals surface area contributed by atoms with Gasteiger partial charge in [0.2, 0.25) is 0 Å². The van der Waals surface area contributed by atoms with Crippen LogP contribution in [-0.2, 0) is 12.8 Å². The number of fused-ring (bicyclic) bond motifs is 1. The number of nitrogens with one attached hydrogen (secondary N) is 1. The lowest BCUT2D eigenvalue weighted by molar-refractivity contribution is 0.791. The number of aryl methyl sites for hydroxylation is 2. The third kappa shape index (κ3) is 1.29. The fraction of sp³-hybridized carbons (Fsp3) is 0.500. The van der Waals surface area contributed by atoms with Gasteiger partial charge >= 0.3 is 0 Å². The Balaban J connectivity index is 2.36. The topological polar surface area (TPSA) is 24.9 Å². The Bertz CT molecular complexity index is 281. The fourth-order valence-corrected chi connectivity index (χ4v) is 1.57. The Morgan fingerprint density at radius 3 is 3.25 bits per heavy atom. The predicted molar refractivity (Wildman–Crippen MR) is 50.4 cm³/mol. The molecule has 1 N–H and O–H groups in total. The van der Waals surface area contributed by atoms with Gasteiger partial charge in [-0.15, -0.1) is 0 Å². The van der Waals surface area contributed by atoms with Crippen LogP contribution in [-0.4, -0.2) is 11.5 Å². The first-order chi connectivity index (χ1) is 5.90. The largest absolute Gasteiger partial charge is 0.384 e. The molecule has 2 rings (SSSR count). The molecule has 1 aromatic rings. The monoisotopic (exact) mass is 162 g/mol. The van der Waals surface area contributed by atoms with Crippen molar-refractivity contribution in [3.63, 3.8) is 0 Å². The minimum atomic E-state index is 1.04. The number of aromatic nitrogens is 1. The second-order valence-electron chi connectivity index (χ2n) is 3.18. The lowest BCUT2D eigenvalue weighted by Crippen LogP contribution is -2.13. The third-order valence-corrected chi connectivity index (χ3v) is 2.30. The highest BCUT2D eigenvalue weighted by Gasteiger charge is 2.08. The molecule has 0 saturated carbocycles. The van der Waals surface area contributed by atoms with Crippen LogP contribution in [0.5, 0.6) is 0 Å². The summed E-state index contributed by atoms with van der Waals surface area (Å²) in [5.74, 6) is 0. The average Bonchev–Trinajstić information content (AvgIpc) is 2.17. The summed E-state index contributed by atoms with van der Waals surface area (Å²) in [6.45, 7) is 3.24. The molecule has 1 aromatic heterocycles. The highest BCUT2D eigenvalue weighted by Crippen LogP contribution is 2.19. The number of hydrogen-bond donors (Lipinski definition) is 1. The molecule has 64 valence electrons. The van der Waals surface area contributed by atoms with Gasteiger partial charge in [0.25, 0.3) is 0 Å². The van der Waals surface area contributed by atoms with Crippen LogP contribution < -0.4 is 5.32 Å². The van der Waals surface area contributed by atoms with Crippen LogP contribution in [0, 0.1) is 0 Å². The highest BCUT2D eigenvalue weighted by atomic mass is 14.9. The smallest absolute Gasteiger partial charge is 0.0638 e. The summed E-state index contributed by atoms with van der Waals surface area (Å²) in [6, 6.07) is 4.26. The molecule has 0 saturated heterocycles. The molecule has 0 unspecified atom stereocenters. The Morgan fingerprint density at radius 1 is 1.50 bits per heavy atom. The van der Waals surface area contributed by atoms with Crippen LogP contribution in [0.1, 0.15) is 24.7 Å². The van der Waals surface area contributed by atoms with Gasteiger partial charge < -0.3 is 5.32 Å². The molecular formula is C10H14N2. The van der Waals surface area contributed by atoms with Gasteiger partial charge in [-0.25, -0.2) is 0 Å². The third-order valence-electron chi connectivity index (χ3n) is 2.30. The minimum absolute atomic E-state index is 1.04. The average molecular weight is 162 g/mol. The Labute approximate surface area is 73.0 Å². The van der Waals surface area contributed by atoms with Gasteiger partial charge in [0.15, 0.2) is 0 Å². The van der Waals surface area contributed by atoms with E-state index in [0.29, 0.717) is 0 Å². The van der Waals surface area contributed by atoms with Crippen LogP contribution in [0.25, 0.3) is 0 Å². The Hall–Kier alpha value is -1.05. The van der Waals surface area contributed by atoms with E-state index in [1.165, 1.54) is 23.5 Å². The van der Waals surface area contributed by atoms with Gasteiger partial charge in [-0.3, -0.25) is 4.98 Å². The van der Waals surface area contributed by atoms with Crippen molar-refractivity contribution in [1.29, 1.82) is 0 Å². The summed E-state index contributed by atoms with van der Waals surface area (Å²) < 4.78 is 0. The van der Waals surface area contributed by atoms with E-state index in [2.05, 4.69) is 29.4 Å². The predicted octanol–water partition coefficient (Wildman–Crippen LogP) is 2.00. The molecule has 2 nitrogen and oxygen atoms in total. The molecule has 2 heterocycles. The van der Waals surface area contributed by atoms with E-state index in [0.717, 1.165) is 19.4 Å². The Kier molecular flexibility index (Phi) is 1.98. The molecule has 0 spiro atoms. The fourth-order valence-electron chi connectivity index (χ4n) is 1.57. The van der Waals surface area contributed by atoms with Gasteiger partial charge in [-0.05, 0) is 31.4 Å². The van der Waals surface area contributed by atoms with Crippen LogP contribution in [0.2, 0.25) is 0 Å². The summed E-state index contributed by atoms with van der Waals surface area (Å²) in [7, 11) is 0. The summed E-state index contributed by atoms with van der Waals surface area (Å²) in [4.78, 5) is 4.57. The van der Waals surface area contributed by atoms with Crippen LogP contribution in [0.4, 0.5) is 5.69 Å². The number of pyridine rings is 1. The first kappa shape index (κ1) is 7.59. The first-order valence-corrected chi connectivity index (χ1v) is 4.63. The second-order valence-corrected chi connectivity index (χ2v) is 3.18. The van der Waals surface area contributed by atoms with Crippen molar-refractivity contribution in [1.82, 2.24) is 4.98 Å². The maximum absolute atomic E-state index is 4.57. The van der Waals surface area contributed by atoms with Crippen molar-refractivity contribution < 1.29 is 0 Å². The zero-order valence-corrected chi connectivity index (χ0v) is 7.43. The zero-order valence-electron chi connectivity index (χ0n) is 7.43. The van der Waals surface area contributed by atoms with Crippen LogP contribution in [0.3, 0.4) is 0 Å². The van der Waals surface area contributed by atoms with Gasteiger partial charge in [0.05, 0.1) is 11.4 Å². The van der Waals surface area contributed by atoms with Crippen molar-refractivity contribution in [3.05, 3.63) is 23.5 Å². The molecule has 0 atom stereocenters.